The summed E-state index contributed by atoms with van der Waals surface area (Å²) in [5.41, 5.74) is 0. The van der Waals surface area contributed by atoms with Crippen LogP contribution in [0.4, 0.5) is 0 Å². The monoisotopic (exact) mass is 265 g/mol. The molecule has 1 N–H and O–H groups in total. The average molecular weight is 265 g/mol. The summed E-state index contributed by atoms with van der Waals surface area (Å²) < 4.78 is 23.8. The zero-order valence-corrected chi connectivity index (χ0v) is 10.7. The van der Waals surface area contributed by atoms with E-state index >= 15 is 0 Å². The second kappa shape index (κ2) is 4.71. The minimum absolute atomic E-state index is 0.159. The van der Waals surface area contributed by atoms with Gasteiger partial charge in [-0.1, -0.05) is 24.6 Å². The minimum atomic E-state index is -3.73. The molecule has 0 amide bonds. The van der Waals surface area contributed by atoms with Crippen LogP contribution in [0.2, 0.25) is 0 Å². The average Bonchev–Trinajstić information content (AvgIpc) is 2.84. The van der Waals surface area contributed by atoms with Gasteiger partial charge < -0.3 is 5.11 Å². The molecule has 2 atom stereocenters. The van der Waals surface area contributed by atoms with E-state index in [0.29, 0.717) is 19.3 Å². The number of aliphatic hydroxyl groups excluding tert-OH is 1. The van der Waals surface area contributed by atoms with Crippen molar-refractivity contribution in [2.24, 2.45) is 5.92 Å². The Morgan fingerprint density at radius 1 is 1.39 bits per heavy atom. The van der Waals surface area contributed by atoms with Crippen LogP contribution in [0.15, 0.2) is 35.2 Å². The number of sulfone groups is 1. The third kappa shape index (κ3) is 1.73. The molecule has 0 bridgehead atoms. The number of rotatable bonds is 3. The maximum absolute atomic E-state index is 12.6. The van der Waals surface area contributed by atoms with Crippen LogP contribution in [0.5, 0.6) is 0 Å². The molecule has 96 valence electrons. The maximum Gasteiger partial charge on any atom is 0.197 e. The lowest BCUT2D eigenvalue weighted by molar-refractivity contribution is 0.218. The predicted octanol–water partition coefficient (Wildman–Crippen LogP) is 1.52. The van der Waals surface area contributed by atoms with Gasteiger partial charge in [0.05, 0.1) is 11.0 Å². The Labute approximate surface area is 107 Å². The van der Waals surface area contributed by atoms with Gasteiger partial charge in [0.25, 0.3) is 0 Å². The van der Waals surface area contributed by atoms with Crippen LogP contribution in [-0.2, 0) is 9.84 Å². The van der Waals surface area contributed by atoms with E-state index in [-0.39, 0.29) is 11.5 Å². The molecule has 1 aliphatic carbocycles. The molecular weight excluding hydrogens is 250 g/mol. The molecular formula is C13H15NO3S. The van der Waals surface area contributed by atoms with E-state index in [4.69, 9.17) is 0 Å². The maximum atomic E-state index is 12.6. The van der Waals surface area contributed by atoms with Crippen molar-refractivity contribution in [1.29, 1.82) is 5.26 Å². The molecule has 18 heavy (non-hydrogen) atoms. The van der Waals surface area contributed by atoms with Gasteiger partial charge in [0.15, 0.2) is 14.6 Å². The zero-order valence-electron chi connectivity index (χ0n) is 9.91. The first-order valence-corrected chi connectivity index (χ1v) is 7.38. The summed E-state index contributed by atoms with van der Waals surface area (Å²) in [6.45, 7) is -0.264. The number of nitrogens with zero attached hydrogens (tertiary/aromatic N) is 1. The van der Waals surface area contributed by atoms with Crippen LogP contribution < -0.4 is 0 Å². The first-order chi connectivity index (χ1) is 8.58. The fourth-order valence-electron chi connectivity index (χ4n) is 2.66. The van der Waals surface area contributed by atoms with Crippen molar-refractivity contribution in [2.75, 3.05) is 6.61 Å². The summed E-state index contributed by atoms with van der Waals surface area (Å²) in [6.07, 6.45) is 1.53. The van der Waals surface area contributed by atoms with E-state index < -0.39 is 20.5 Å². The summed E-state index contributed by atoms with van der Waals surface area (Å²) in [5.74, 6) is -0.493. The molecule has 1 saturated carbocycles. The van der Waals surface area contributed by atoms with Crippen LogP contribution in [-0.4, -0.2) is 24.9 Å². The van der Waals surface area contributed by atoms with E-state index in [2.05, 4.69) is 0 Å². The molecule has 5 heteroatoms. The van der Waals surface area contributed by atoms with Gasteiger partial charge in [-0.3, -0.25) is 0 Å². The summed E-state index contributed by atoms with van der Waals surface area (Å²) in [5, 5.41) is 18.7. The molecule has 2 rings (SSSR count). The largest absolute Gasteiger partial charge is 0.396 e. The summed E-state index contributed by atoms with van der Waals surface area (Å²) >= 11 is 0. The molecule has 1 fully saturated rings. The number of nitriles is 1. The molecule has 0 radical (unpaired) electrons. The van der Waals surface area contributed by atoms with Gasteiger partial charge in [-0.15, -0.1) is 0 Å². The lowest BCUT2D eigenvalue weighted by Crippen LogP contribution is -2.42. The molecule has 0 saturated heterocycles. The van der Waals surface area contributed by atoms with E-state index in [1.54, 1.807) is 18.2 Å². The highest BCUT2D eigenvalue weighted by atomic mass is 32.2. The van der Waals surface area contributed by atoms with Gasteiger partial charge in [-0.2, -0.15) is 5.26 Å². The molecule has 0 aromatic heterocycles. The van der Waals surface area contributed by atoms with Crippen LogP contribution in [0.25, 0.3) is 0 Å². The molecule has 0 heterocycles. The van der Waals surface area contributed by atoms with E-state index in [9.17, 15) is 18.8 Å². The van der Waals surface area contributed by atoms with Crippen LogP contribution in [0.1, 0.15) is 19.3 Å². The first-order valence-electron chi connectivity index (χ1n) is 5.90. The highest BCUT2D eigenvalue weighted by molar-refractivity contribution is 7.93. The van der Waals surface area contributed by atoms with Crippen molar-refractivity contribution in [3.05, 3.63) is 30.3 Å². The Bertz CT molecular complexity index is 562. The SMILES string of the molecule is N#C[C@]1(S(=O)(=O)c2ccccc2)CCC[C@H]1CO. The summed E-state index contributed by atoms with van der Waals surface area (Å²) in [6, 6.07) is 9.98. The third-order valence-corrected chi connectivity index (χ3v) is 6.18. The van der Waals surface area contributed by atoms with Gasteiger partial charge >= 0.3 is 0 Å². The molecule has 4 nitrogen and oxygen atoms in total. The van der Waals surface area contributed by atoms with Crippen LogP contribution in [0, 0.1) is 17.2 Å². The van der Waals surface area contributed by atoms with Gasteiger partial charge in [-0.05, 0) is 25.0 Å². The van der Waals surface area contributed by atoms with Crippen molar-refractivity contribution in [2.45, 2.75) is 28.9 Å². The summed E-state index contributed by atoms with van der Waals surface area (Å²) in [7, 11) is -3.73. The van der Waals surface area contributed by atoms with E-state index in [1.807, 2.05) is 6.07 Å². The van der Waals surface area contributed by atoms with Gasteiger partial charge in [0, 0.05) is 12.5 Å². The molecule has 1 aromatic carbocycles. The minimum Gasteiger partial charge on any atom is -0.396 e. The number of benzene rings is 1. The Hall–Kier alpha value is -1.38. The highest BCUT2D eigenvalue weighted by Crippen LogP contribution is 2.44. The van der Waals surface area contributed by atoms with Crippen molar-refractivity contribution in [3.63, 3.8) is 0 Å². The lowest BCUT2D eigenvalue weighted by Gasteiger charge is -2.27. The number of hydrogen-bond donors (Lipinski definition) is 1. The smallest absolute Gasteiger partial charge is 0.197 e. The standard InChI is InChI=1S/C13H15NO3S/c14-10-13(8-4-5-11(13)9-15)18(16,17)12-6-2-1-3-7-12/h1-3,6-7,11,15H,4-5,8-9H2/t11-,13+/m0/s1. The fraction of sp³-hybridized carbons (Fsp3) is 0.462. The van der Waals surface area contributed by atoms with Crippen molar-refractivity contribution in [1.82, 2.24) is 0 Å². The molecule has 0 aliphatic heterocycles. The van der Waals surface area contributed by atoms with Crippen molar-refractivity contribution < 1.29 is 13.5 Å². The van der Waals surface area contributed by atoms with Gasteiger partial charge in [0.2, 0.25) is 0 Å². The van der Waals surface area contributed by atoms with Crippen LogP contribution >= 0.6 is 0 Å². The molecule has 1 aromatic rings. The topological polar surface area (TPSA) is 78.2 Å². The number of hydrogen-bond acceptors (Lipinski definition) is 4. The first kappa shape index (κ1) is 13.1. The fourth-order valence-corrected chi connectivity index (χ4v) is 4.76. The zero-order chi connectivity index (χ0) is 13.2. The third-order valence-electron chi connectivity index (χ3n) is 3.70. The van der Waals surface area contributed by atoms with Gasteiger partial charge in [0.1, 0.15) is 0 Å². The molecule has 1 aliphatic rings. The van der Waals surface area contributed by atoms with Crippen molar-refractivity contribution in [3.8, 4) is 6.07 Å². The normalized spacial score (nSPS) is 27.9. The highest BCUT2D eigenvalue weighted by Gasteiger charge is 2.53. The Morgan fingerprint density at radius 2 is 2.06 bits per heavy atom. The Balaban J connectivity index is 2.55. The quantitative estimate of drug-likeness (QED) is 0.898. The second-order valence-electron chi connectivity index (χ2n) is 4.59. The molecule has 0 unspecified atom stereocenters. The Kier molecular flexibility index (Phi) is 3.42. The van der Waals surface area contributed by atoms with E-state index in [1.165, 1.54) is 12.1 Å². The number of aliphatic hydroxyl groups is 1. The van der Waals surface area contributed by atoms with Crippen molar-refractivity contribution >= 4 is 9.84 Å². The summed E-state index contributed by atoms with van der Waals surface area (Å²) in [4.78, 5) is 0.159. The predicted molar refractivity (Wildman–Crippen MR) is 66.4 cm³/mol. The lowest BCUT2D eigenvalue weighted by atomic mass is 9.97. The van der Waals surface area contributed by atoms with Gasteiger partial charge in [-0.25, -0.2) is 8.42 Å². The Morgan fingerprint density at radius 3 is 2.61 bits per heavy atom. The second-order valence-corrected chi connectivity index (χ2v) is 6.80. The van der Waals surface area contributed by atoms with E-state index in [0.717, 1.165) is 0 Å². The molecule has 0 spiro atoms. The van der Waals surface area contributed by atoms with Crippen LogP contribution in [0.3, 0.4) is 0 Å².